The topological polar surface area (TPSA) is 46.9 Å². The molecule has 0 unspecified atom stereocenters. The van der Waals surface area contributed by atoms with Crippen molar-refractivity contribution in [3.8, 4) is 5.69 Å². The van der Waals surface area contributed by atoms with E-state index in [2.05, 4.69) is 33.0 Å². The van der Waals surface area contributed by atoms with Crippen molar-refractivity contribution in [3.05, 3.63) is 75.1 Å². The zero-order valence-corrected chi connectivity index (χ0v) is 15.0. The van der Waals surface area contributed by atoms with Crippen LogP contribution in [0.25, 0.3) is 5.69 Å². The first-order valence-corrected chi connectivity index (χ1v) is 8.30. The third kappa shape index (κ3) is 3.44. The molecule has 116 valence electrons. The van der Waals surface area contributed by atoms with Gasteiger partial charge in [0, 0.05) is 9.77 Å². The van der Waals surface area contributed by atoms with Crippen LogP contribution in [-0.2, 0) is 0 Å². The molecule has 2 aromatic carbocycles. The van der Waals surface area contributed by atoms with E-state index in [1.54, 1.807) is 10.9 Å². The van der Waals surface area contributed by atoms with Crippen LogP contribution < -0.4 is 5.32 Å². The lowest BCUT2D eigenvalue weighted by atomic mass is 10.1. The van der Waals surface area contributed by atoms with Crippen molar-refractivity contribution in [2.75, 3.05) is 5.32 Å². The maximum atomic E-state index is 12.6. The molecule has 0 fully saturated rings. The second-order valence-corrected chi connectivity index (χ2v) is 6.58. The minimum atomic E-state index is -0.120. The Hall–Kier alpha value is -2.15. The van der Waals surface area contributed by atoms with E-state index in [0.717, 1.165) is 26.1 Å². The lowest BCUT2D eigenvalue weighted by molar-refractivity contribution is 0.102. The number of halogens is 1. The summed E-state index contributed by atoms with van der Waals surface area (Å²) in [6, 6.07) is 13.5. The van der Waals surface area contributed by atoms with Crippen LogP contribution in [0.15, 0.2) is 54.9 Å². The summed E-state index contributed by atoms with van der Waals surface area (Å²) in [5.74, 6) is -0.120. The quantitative estimate of drug-likeness (QED) is 0.645. The van der Waals surface area contributed by atoms with Gasteiger partial charge in [-0.2, -0.15) is 5.10 Å². The zero-order valence-electron chi connectivity index (χ0n) is 12.9. The summed E-state index contributed by atoms with van der Waals surface area (Å²) in [6.45, 7) is 3.99. The van der Waals surface area contributed by atoms with E-state index in [0.29, 0.717) is 5.56 Å². The molecule has 0 atom stereocenters. The van der Waals surface area contributed by atoms with Crippen LogP contribution in [0, 0.1) is 17.4 Å². The lowest BCUT2D eigenvalue weighted by Gasteiger charge is -2.13. The number of amides is 1. The molecule has 5 heteroatoms. The van der Waals surface area contributed by atoms with E-state index in [1.165, 1.54) is 0 Å². The van der Waals surface area contributed by atoms with Gasteiger partial charge >= 0.3 is 0 Å². The van der Waals surface area contributed by atoms with Crippen molar-refractivity contribution < 1.29 is 4.79 Å². The molecule has 0 aliphatic heterocycles. The highest BCUT2D eigenvalue weighted by Crippen LogP contribution is 2.23. The highest BCUT2D eigenvalue weighted by molar-refractivity contribution is 14.1. The number of anilines is 1. The molecule has 1 amide bonds. The number of nitrogens with zero attached hydrogens (tertiary/aromatic N) is 2. The Labute approximate surface area is 148 Å². The Balaban J connectivity index is 1.98. The molecule has 0 saturated carbocycles. The van der Waals surface area contributed by atoms with Gasteiger partial charge in [-0.25, -0.2) is 4.68 Å². The van der Waals surface area contributed by atoms with Crippen LogP contribution >= 0.6 is 22.6 Å². The summed E-state index contributed by atoms with van der Waals surface area (Å²) in [5, 5.41) is 7.35. The minimum Gasteiger partial charge on any atom is -0.320 e. The molecule has 0 radical (unpaired) electrons. The maximum Gasteiger partial charge on any atom is 0.256 e. The molecule has 0 aliphatic rings. The SMILES string of the molecule is Cc1ccc(-n2cc(C)cn2)c(NC(=O)c2ccccc2I)c1. The predicted octanol–water partition coefficient (Wildman–Crippen LogP) is 4.35. The molecular weight excluding hydrogens is 401 g/mol. The first kappa shape index (κ1) is 15.7. The molecule has 1 aromatic heterocycles. The summed E-state index contributed by atoms with van der Waals surface area (Å²) in [6.07, 6.45) is 3.73. The largest absolute Gasteiger partial charge is 0.320 e. The molecule has 23 heavy (non-hydrogen) atoms. The molecule has 1 heterocycles. The second kappa shape index (κ2) is 6.54. The van der Waals surface area contributed by atoms with Crippen molar-refractivity contribution in [2.24, 2.45) is 0 Å². The van der Waals surface area contributed by atoms with Gasteiger partial charge < -0.3 is 5.32 Å². The van der Waals surface area contributed by atoms with E-state index >= 15 is 0 Å². The summed E-state index contributed by atoms with van der Waals surface area (Å²) in [4.78, 5) is 12.6. The molecule has 3 aromatic rings. The molecule has 0 saturated heterocycles. The van der Waals surface area contributed by atoms with Crippen LogP contribution in [0.5, 0.6) is 0 Å². The monoisotopic (exact) mass is 417 g/mol. The molecule has 0 aliphatic carbocycles. The Bertz CT molecular complexity index is 870. The minimum absolute atomic E-state index is 0.120. The van der Waals surface area contributed by atoms with Crippen LogP contribution in [-0.4, -0.2) is 15.7 Å². The summed E-state index contributed by atoms with van der Waals surface area (Å²) in [5.41, 5.74) is 4.41. The van der Waals surface area contributed by atoms with Crippen LogP contribution in [0.3, 0.4) is 0 Å². The van der Waals surface area contributed by atoms with E-state index < -0.39 is 0 Å². The molecule has 4 nitrogen and oxygen atoms in total. The number of hydrogen-bond acceptors (Lipinski definition) is 2. The Morgan fingerprint density at radius 2 is 1.91 bits per heavy atom. The number of carbonyl (C=O) groups is 1. The first-order chi connectivity index (χ1) is 11.0. The number of aryl methyl sites for hydroxylation is 2. The molecule has 3 rings (SSSR count). The van der Waals surface area contributed by atoms with Crippen molar-refractivity contribution in [1.82, 2.24) is 9.78 Å². The van der Waals surface area contributed by atoms with Gasteiger partial charge in [0.05, 0.1) is 23.1 Å². The number of carbonyl (C=O) groups excluding carboxylic acids is 1. The highest BCUT2D eigenvalue weighted by Gasteiger charge is 2.13. The Morgan fingerprint density at radius 3 is 2.61 bits per heavy atom. The Kier molecular flexibility index (Phi) is 4.47. The molecule has 0 spiro atoms. The van der Waals surface area contributed by atoms with Gasteiger partial charge in [0.1, 0.15) is 0 Å². The van der Waals surface area contributed by atoms with Gasteiger partial charge in [0.2, 0.25) is 0 Å². The van der Waals surface area contributed by atoms with Crippen molar-refractivity contribution >= 4 is 34.2 Å². The number of aromatic nitrogens is 2. The summed E-state index contributed by atoms with van der Waals surface area (Å²) < 4.78 is 2.70. The van der Waals surface area contributed by atoms with Gasteiger partial charge in [-0.05, 0) is 71.8 Å². The number of rotatable bonds is 3. The molecule has 0 bridgehead atoms. The van der Waals surface area contributed by atoms with Crippen LogP contribution in [0.1, 0.15) is 21.5 Å². The maximum absolute atomic E-state index is 12.6. The van der Waals surface area contributed by atoms with Gasteiger partial charge in [0.15, 0.2) is 0 Å². The highest BCUT2D eigenvalue weighted by atomic mass is 127. The normalized spacial score (nSPS) is 10.6. The number of benzene rings is 2. The summed E-state index contributed by atoms with van der Waals surface area (Å²) in [7, 11) is 0. The Morgan fingerprint density at radius 1 is 1.13 bits per heavy atom. The number of nitrogens with one attached hydrogen (secondary N) is 1. The smallest absolute Gasteiger partial charge is 0.256 e. The van der Waals surface area contributed by atoms with Crippen molar-refractivity contribution in [3.63, 3.8) is 0 Å². The third-order valence-corrected chi connectivity index (χ3v) is 4.42. The standard InChI is InChI=1S/C18H16IN3O/c1-12-7-8-17(22-11-13(2)10-20-22)16(9-12)21-18(23)14-5-3-4-6-15(14)19/h3-11H,1-2H3,(H,21,23). The van der Waals surface area contributed by atoms with E-state index in [9.17, 15) is 4.79 Å². The average molecular weight is 417 g/mol. The second-order valence-electron chi connectivity index (χ2n) is 5.42. The predicted molar refractivity (Wildman–Crippen MR) is 100 cm³/mol. The lowest BCUT2D eigenvalue weighted by Crippen LogP contribution is -2.15. The van der Waals surface area contributed by atoms with Crippen molar-refractivity contribution in [2.45, 2.75) is 13.8 Å². The van der Waals surface area contributed by atoms with E-state index in [-0.39, 0.29) is 5.91 Å². The molecular formula is C18H16IN3O. The van der Waals surface area contributed by atoms with Crippen LogP contribution in [0.2, 0.25) is 0 Å². The fraction of sp³-hybridized carbons (Fsp3) is 0.111. The van der Waals surface area contributed by atoms with Gasteiger partial charge in [-0.3, -0.25) is 4.79 Å². The summed E-state index contributed by atoms with van der Waals surface area (Å²) >= 11 is 2.17. The van der Waals surface area contributed by atoms with Gasteiger partial charge in [-0.15, -0.1) is 0 Å². The van der Waals surface area contributed by atoms with E-state index in [1.807, 2.05) is 62.5 Å². The number of hydrogen-bond donors (Lipinski definition) is 1. The van der Waals surface area contributed by atoms with E-state index in [4.69, 9.17) is 0 Å². The fourth-order valence-corrected chi connectivity index (χ4v) is 2.96. The van der Waals surface area contributed by atoms with Crippen molar-refractivity contribution in [1.29, 1.82) is 0 Å². The van der Waals surface area contributed by atoms with Gasteiger partial charge in [-0.1, -0.05) is 18.2 Å². The third-order valence-electron chi connectivity index (χ3n) is 3.48. The fourth-order valence-electron chi connectivity index (χ4n) is 2.33. The average Bonchev–Trinajstić information content (AvgIpc) is 2.94. The first-order valence-electron chi connectivity index (χ1n) is 7.23. The zero-order chi connectivity index (χ0) is 16.4. The molecule has 1 N–H and O–H groups in total. The van der Waals surface area contributed by atoms with Crippen LogP contribution in [0.4, 0.5) is 5.69 Å². The van der Waals surface area contributed by atoms with Gasteiger partial charge in [0.25, 0.3) is 5.91 Å².